The average Bonchev–Trinajstić information content (AvgIpc) is 2.73. The van der Waals surface area contributed by atoms with Crippen molar-refractivity contribution in [2.24, 2.45) is 7.05 Å². The second kappa shape index (κ2) is 6.48. The molecule has 0 aliphatic carbocycles. The van der Waals surface area contributed by atoms with Crippen molar-refractivity contribution >= 4 is 17.3 Å². The van der Waals surface area contributed by atoms with Gasteiger partial charge in [-0.1, -0.05) is 6.92 Å². The zero-order valence-electron chi connectivity index (χ0n) is 13.2. The van der Waals surface area contributed by atoms with Crippen molar-refractivity contribution in [2.75, 3.05) is 10.6 Å². The molecule has 21 heavy (non-hydrogen) atoms. The third kappa shape index (κ3) is 3.66. The Balaban J connectivity index is 1.97. The molecular weight excluding hydrogens is 262 g/mol. The lowest BCUT2D eigenvalue weighted by molar-refractivity contribution is -0.115. The molecular formula is C17H23N3O. The molecule has 0 bridgehead atoms. The van der Waals surface area contributed by atoms with Gasteiger partial charge in [0.05, 0.1) is 0 Å². The Morgan fingerprint density at radius 2 is 1.76 bits per heavy atom. The summed E-state index contributed by atoms with van der Waals surface area (Å²) >= 11 is 0. The van der Waals surface area contributed by atoms with Crippen molar-refractivity contribution < 1.29 is 4.79 Å². The number of carbonyl (C=O) groups excluding carboxylic acids is 1. The van der Waals surface area contributed by atoms with Gasteiger partial charge in [-0.15, -0.1) is 0 Å². The Kier molecular flexibility index (Phi) is 4.68. The maximum Gasteiger partial charge on any atom is 0.224 e. The number of aromatic nitrogens is 1. The van der Waals surface area contributed by atoms with E-state index in [0.29, 0.717) is 6.42 Å². The second-order valence-electron chi connectivity index (χ2n) is 5.29. The maximum atomic E-state index is 11.3. The Bertz CT molecular complexity index is 626. The van der Waals surface area contributed by atoms with Crippen molar-refractivity contribution in [2.45, 2.75) is 33.7 Å². The molecule has 2 rings (SSSR count). The van der Waals surface area contributed by atoms with Crippen LogP contribution in [-0.2, 0) is 18.4 Å². The van der Waals surface area contributed by atoms with E-state index < -0.39 is 0 Å². The van der Waals surface area contributed by atoms with Gasteiger partial charge in [-0.3, -0.25) is 4.79 Å². The van der Waals surface area contributed by atoms with Crippen LogP contribution in [0.5, 0.6) is 0 Å². The topological polar surface area (TPSA) is 46.1 Å². The van der Waals surface area contributed by atoms with Gasteiger partial charge in [0.25, 0.3) is 0 Å². The van der Waals surface area contributed by atoms with Gasteiger partial charge in [0.15, 0.2) is 0 Å². The fourth-order valence-corrected chi connectivity index (χ4v) is 2.23. The fourth-order valence-electron chi connectivity index (χ4n) is 2.23. The lowest BCUT2D eigenvalue weighted by atomic mass is 10.2. The van der Waals surface area contributed by atoms with Crippen LogP contribution in [0, 0.1) is 13.8 Å². The molecule has 0 aliphatic heterocycles. The molecule has 1 heterocycles. The van der Waals surface area contributed by atoms with E-state index >= 15 is 0 Å². The van der Waals surface area contributed by atoms with Crippen LogP contribution in [0.3, 0.4) is 0 Å². The highest BCUT2D eigenvalue weighted by Gasteiger charge is 2.05. The summed E-state index contributed by atoms with van der Waals surface area (Å²) in [5.74, 6) is 0.0334. The molecule has 0 aliphatic rings. The highest BCUT2D eigenvalue weighted by atomic mass is 16.1. The van der Waals surface area contributed by atoms with Gasteiger partial charge in [0, 0.05) is 42.8 Å². The lowest BCUT2D eigenvalue weighted by Crippen LogP contribution is -2.09. The lowest BCUT2D eigenvalue weighted by Gasteiger charge is -2.08. The maximum absolute atomic E-state index is 11.3. The first-order valence-electron chi connectivity index (χ1n) is 7.27. The summed E-state index contributed by atoms with van der Waals surface area (Å²) in [4.78, 5) is 11.3. The van der Waals surface area contributed by atoms with Crippen molar-refractivity contribution in [3.8, 4) is 0 Å². The van der Waals surface area contributed by atoms with Crippen LogP contribution in [0.25, 0.3) is 0 Å². The largest absolute Gasteiger partial charge is 0.381 e. The molecule has 1 amide bonds. The number of carbonyl (C=O) groups is 1. The fraction of sp³-hybridized carbons (Fsp3) is 0.353. The number of hydrogen-bond acceptors (Lipinski definition) is 2. The third-order valence-corrected chi connectivity index (χ3v) is 3.85. The summed E-state index contributed by atoms with van der Waals surface area (Å²) in [6.07, 6.45) is 0.493. The van der Waals surface area contributed by atoms with Crippen LogP contribution >= 0.6 is 0 Å². The molecule has 2 aromatic rings. The third-order valence-electron chi connectivity index (χ3n) is 3.85. The highest BCUT2D eigenvalue weighted by molar-refractivity contribution is 5.90. The molecule has 4 nitrogen and oxygen atoms in total. The number of anilines is 2. The molecule has 0 fully saturated rings. The molecule has 1 aromatic carbocycles. The number of hydrogen-bond donors (Lipinski definition) is 2. The molecule has 0 unspecified atom stereocenters. The van der Waals surface area contributed by atoms with E-state index in [0.717, 1.165) is 17.9 Å². The van der Waals surface area contributed by atoms with Crippen LogP contribution in [0.4, 0.5) is 11.4 Å². The van der Waals surface area contributed by atoms with Gasteiger partial charge in [0.2, 0.25) is 5.91 Å². The van der Waals surface area contributed by atoms with E-state index in [2.05, 4.69) is 42.2 Å². The Labute approximate surface area is 126 Å². The van der Waals surface area contributed by atoms with Gasteiger partial charge in [-0.25, -0.2) is 0 Å². The van der Waals surface area contributed by atoms with Crippen molar-refractivity contribution in [1.82, 2.24) is 4.57 Å². The van der Waals surface area contributed by atoms with Crippen LogP contribution < -0.4 is 10.6 Å². The summed E-state index contributed by atoms with van der Waals surface area (Å²) in [7, 11) is 2.08. The summed E-state index contributed by atoms with van der Waals surface area (Å²) in [6, 6.07) is 10.0. The van der Waals surface area contributed by atoms with Crippen LogP contribution in [0.2, 0.25) is 0 Å². The molecule has 2 N–H and O–H groups in total. The first-order valence-corrected chi connectivity index (χ1v) is 7.27. The number of aryl methyl sites for hydroxylation is 1. The average molecular weight is 285 g/mol. The predicted octanol–water partition coefficient (Wildman–Crippen LogP) is 3.60. The van der Waals surface area contributed by atoms with Gasteiger partial charge >= 0.3 is 0 Å². The molecule has 0 atom stereocenters. The van der Waals surface area contributed by atoms with Crippen LogP contribution in [-0.4, -0.2) is 10.5 Å². The Morgan fingerprint density at radius 3 is 2.29 bits per heavy atom. The molecule has 0 radical (unpaired) electrons. The Morgan fingerprint density at radius 1 is 1.14 bits per heavy atom. The minimum Gasteiger partial charge on any atom is -0.381 e. The zero-order chi connectivity index (χ0) is 15.4. The molecule has 0 spiro atoms. The standard InChI is InChI=1S/C17H23N3O/c1-5-17(21)19-16-8-6-15(7-9-16)18-11-14-10-12(2)20(4)13(14)3/h6-10,18H,5,11H2,1-4H3,(H,19,21). The normalized spacial score (nSPS) is 10.5. The van der Waals surface area contributed by atoms with Gasteiger partial charge in [0.1, 0.15) is 0 Å². The Hall–Kier alpha value is -2.23. The highest BCUT2D eigenvalue weighted by Crippen LogP contribution is 2.17. The van der Waals surface area contributed by atoms with Gasteiger partial charge < -0.3 is 15.2 Å². The molecule has 0 saturated heterocycles. The van der Waals surface area contributed by atoms with Crippen molar-refractivity contribution in [3.63, 3.8) is 0 Å². The number of nitrogens with one attached hydrogen (secondary N) is 2. The minimum absolute atomic E-state index is 0.0334. The van der Waals surface area contributed by atoms with E-state index in [9.17, 15) is 4.79 Å². The molecule has 0 saturated carbocycles. The van der Waals surface area contributed by atoms with Crippen LogP contribution in [0.15, 0.2) is 30.3 Å². The van der Waals surface area contributed by atoms with E-state index in [1.807, 2.05) is 31.2 Å². The summed E-state index contributed by atoms with van der Waals surface area (Å²) in [6.45, 7) is 6.89. The number of rotatable bonds is 5. The minimum atomic E-state index is 0.0334. The summed E-state index contributed by atoms with van der Waals surface area (Å²) in [5, 5.41) is 6.25. The van der Waals surface area contributed by atoms with Crippen molar-refractivity contribution in [3.05, 3.63) is 47.3 Å². The molecule has 112 valence electrons. The van der Waals surface area contributed by atoms with E-state index in [1.54, 1.807) is 0 Å². The van der Waals surface area contributed by atoms with Gasteiger partial charge in [-0.2, -0.15) is 0 Å². The smallest absolute Gasteiger partial charge is 0.224 e. The number of nitrogens with zero attached hydrogens (tertiary/aromatic N) is 1. The summed E-state index contributed by atoms with van der Waals surface area (Å²) < 4.78 is 2.19. The second-order valence-corrected chi connectivity index (χ2v) is 5.29. The monoisotopic (exact) mass is 285 g/mol. The van der Waals surface area contributed by atoms with Gasteiger partial charge in [-0.05, 0) is 49.7 Å². The van der Waals surface area contributed by atoms with Crippen LogP contribution in [0.1, 0.15) is 30.3 Å². The van der Waals surface area contributed by atoms with E-state index in [1.165, 1.54) is 17.0 Å². The van der Waals surface area contributed by atoms with Crippen molar-refractivity contribution in [1.29, 1.82) is 0 Å². The first-order chi connectivity index (χ1) is 10.0. The first kappa shape index (κ1) is 15.2. The molecule has 4 heteroatoms. The van der Waals surface area contributed by atoms with E-state index in [-0.39, 0.29) is 5.91 Å². The molecule has 1 aromatic heterocycles. The number of benzene rings is 1. The van der Waals surface area contributed by atoms with E-state index in [4.69, 9.17) is 0 Å². The summed E-state index contributed by atoms with van der Waals surface area (Å²) in [5.41, 5.74) is 5.73. The quantitative estimate of drug-likeness (QED) is 0.881. The SMILES string of the molecule is CCC(=O)Nc1ccc(NCc2cc(C)n(C)c2C)cc1. The zero-order valence-corrected chi connectivity index (χ0v) is 13.2. The number of amides is 1. The predicted molar refractivity (Wildman–Crippen MR) is 87.6 cm³/mol.